The van der Waals surface area contributed by atoms with Gasteiger partial charge in [0.25, 0.3) is 0 Å². The molecule has 57 heavy (non-hydrogen) atoms. The number of carboxylic acid groups (broad SMARTS) is 1. The number of nitrogens with zero attached hydrogens (tertiary/aromatic N) is 4. The molecule has 302 valence electrons. The molecule has 2 aliphatic rings. The third-order valence-corrected chi connectivity index (χ3v) is 12.2. The van der Waals surface area contributed by atoms with E-state index >= 15 is 0 Å². The SMILES string of the molecule is CCCCc1nc2c(N)nc3cc(C)sc3c2n1CC1CCN(CCOCCNC(=O)[C@H](CCC(=O)O)NC(=O)OCC2c3ccccc3-c3ccccc32)CC1. The first-order chi connectivity index (χ1) is 27.7. The molecule has 5 aromatic rings. The predicted octanol–water partition coefficient (Wildman–Crippen LogP) is 6.50. The van der Waals surface area contributed by atoms with Crippen LogP contribution >= 0.6 is 11.3 Å². The summed E-state index contributed by atoms with van der Waals surface area (Å²) in [6.07, 6.45) is 4.14. The van der Waals surface area contributed by atoms with Gasteiger partial charge in [0.05, 0.1) is 28.9 Å². The number of hydrogen-bond donors (Lipinski definition) is 4. The molecule has 2 amide bonds. The number of nitrogens with one attached hydrogen (secondary N) is 2. The van der Waals surface area contributed by atoms with Crippen LogP contribution in [-0.4, -0.2) is 94.6 Å². The van der Waals surface area contributed by atoms with Crippen molar-refractivity contribution < 1.29 is 29.0 Å². The van der Waals surface area contributed by atoms with E-state index in [-0.39, 0.29) is 31.9 Å². The highest BCUT2D eigenvalue weighted by Crippen LogP contribution is 2.44. The van der Waals surface area contributed by atoms with E-state index in [0.29, 0.717) is 24.9 Å². The van der Waals surface area contributed by atoms with E-state index in [9.17, 15) is 19.5 Å². The number of ether oxygens (including phenoxy) is 2. The molecule has 2 aromatic carbocycles. The number of rotatable bonds is 18. The van der Waals surface area contributed by atoms with Crippen molar-refractivity contribution in [1.82, 2.24) is 30.1 Å². The van der Waals surface area contributed by atoms with E-state index in [2.05, 4.69) is 57.1 Å². The molecule has 1 fully saturated rings. The molecule has 1 atom stereocenters. The Balaban J connectivity index is 0.841. The van der Waals surface area contributed by atoms with Crippen LogP contribution < -0.4 is 16.4 Å². The molecule has 0 spiro atoms. The van der Waals surface area contributed by atoms with Crippen LogP contribution in [0.1, 0.15) is 73.2 Å². The number of nitrogen functional groups attached to an aromatic ring is 1. The zero-order valence-corrected chi connectivity index (χ0v) is 33.6. The van der Waals surface area contributed by atoms with Crippen molar-refractivity contribution in [3.63, 3.8) is 0 Å². The molecule has 0 saturated carbocycles. The average molecular weight is 796 g/mol. The molecule has 0 radical (unpaired) electrons. The number of piperidine rings is 1. The van der Waals surface area contributed by atoms with E-state index < -0.39 is 24.0 Å². The third kappa shape index (κ3) is 9.40. The monoisotopic (exact) mass is 795 g/mol. The van der Waals surface area contributed by atoms with Crippen LogP contribution in [0.25, 0.3) is 32.4 Å². The van der Waals surface area contributed by atoms with E-state index in [1.807, 2.05) is 36.4 Å². The second kappa shape index (κ2) is 18.5. The Kier molecular flexibility index (Phi) is 13.0. The van der Waals surface area contributed by atoms with Gasteiger partial charge in [0.15, 0.2) is 5.82 Å². The number of imidazole rings is 1. The second-order valence-electron chi connectivity index (χ2n) is 15.2. The van der Waals surface area contributed by atoms with Crippen molar-refractivity contribution in [2.45, 2.75) is 77.3 Å². The second-order valence-corrected chi connectivity index (χ2v) is 16.4. The number of likely N-dealkylation sites (tertiary alicyclic amines) is 1. The van der Waals surface area contributed by atoms with Gasteiger partial charge in [-0.1, -0.05) is 61.9 Å². The lowest BCUT2D eigenvalue weighted by Gasteiger charge is -2.32. The molecular formula is C43H53N7O6S. The smallest absolute Gasteiger partial charge is 0.407 e. The number of benzene rings is 2. The summed E-state index contributed by atoms with van der Waals surface area (Å²) in [4.78, 5) is 50.6. The zero-order chi connectivity index (χ0) is 39.9. The first-order valence-corrected chi connectivity index (χ1v) is 21.0. The minimum absolute atomic E-state index is 0.0669. The van der Waals surface area contributed by atoms with Crippen LogP contribution in [0.15, 0.2) is 54.6 Å². The lowest BCUT2D eigenvalue weighted by Crippen LogP contribution is -2.48. The highest BCUT2D eigenvalue weighted by Gasteiger charge is 2.30. The molecule has 0 unspecified atom stereocenters. The zero-order valence-electron chi connectivity index (χ0n) is 32.8. The van der Waals surface area contributed by atoms with Gasteiger partial charge in [-0.3, -0.25) is 9.59 Å². The van der Waals surface area contributed by atoms with Crippen LogP contribution in [0.2, 0.25) is 0 Å². The van der Waals surface area contributed by atoms with Crippen molar-refractivity contribution in [2.75, 3.05) is 51.7 Å². The minimum Gasteiger partial charge on any atom is -0.481 e. The van der Waals surface area contributed by atoms with Gasteiger partial charge < -0.3 is 40.4 Å². The quantitative estimate of drug-likeness (QED) is 0.0718. The third-order valence-electron chi connectivity index (χ3n) is 11.2. The van der Waals surface area contributed by atoms with Gasteiger partial charge >= 0.3 is 12.1 Å². The highest BCUT2D eigenvalue weighted by molar-refractivity contribution is 7.19. The number of carboxylic acids is 1. The van der Waals surface area contributed by atoms with E-state index in [1.54, 1.807) is 11.3 Å². The lowest BCUT2D eigenvalue weighted by atomic mass is 9.96. The Bertz CT molecular complexity index is 2170. The maximum atomic E-state index is 13.1. The van der Waals surface area contributed by atoms with Gasteiger partial charge in [-0.05, 0) is 79.9 Å². The number of pyridine rings is 1. The van der Waals surface area contributed by atoms with Crippen molar-refractivity contribution in [3.8, 4) is 11.1 Å². The minimum atomic E-state index is -1.06. The molecule has 4 heterocycles. The molecule has 7 rings (SSSR count). The standard InChI is InChI=1S/C43H53N7O6S/c1-3-4-13-36-48-38-39(40-35(46-41(38)44)24-27(2)57-40)50(36)25-28-16-19-49(20-17-28)21-23-55-22-18-45-42(53)34(14-15-37(51)52)47-43(54)56-26-33-31-11-7-5-9-29(31)30-10-6-8-12-32(30)33/h5-12,24,28,33-34H,3-4,13-23,25-26H2,1-2H3,(H2,44,46)(H,45,53)(H,47,54)(H,51,52)/t34-/m0/s1. The first-order valence-electron chi connectivity index (χ1n) is 20.2. The van der Waals surface area contributed by atoms with Crippen molar-refractivity contribution >= 4 is 56.4 Å². The van der Waals surface area contributed by atoms with Crippen molar-refractivity contribution in [2.24, 2.45) is 5.92 Å². The van der Waals surface area contributed by atoms with E-state index in [0.717, 1.165) is 103 Å². The number of carbonyl (C=O) groups is 3. The number of alkyl carbamates (subject to hydrolysis) is 1. The number of carbonyl (C=O) groups excluding carboxylic acids is 2. The van der Waals surface area contributed by atoms with Gasteiger partial charge in [-0.2, -0.15) is 0 Å². The fourth-order valence-corrected chi connectivity index (χ4v) is 9.21. The Morgan fingerprint density at radius 1 is 1.04 bits per heavy atom. The number of aryl methyl sites for hydroxylation is 2. The average Bonchev–Trinajstić information content (AvgIpc) is 3.87. The number of thiophene rings is 1. The molecule has 1 aliphatic carbocycles. The number of unbranched alkanes of at least 4 members (excludes halogenated alkanes) is 1. The molecule has 1 aliphatic heterocycles. The summed E-state index contributed by atoms with van der Waals surface area (Å²) in [6, 6.07) is 17.1. The van der Waals surface area contributed by atoms with Crippen LogP contribution in [0.5, 0.6) is 0 Å². The molecule has 3 aromatic heterocycles. The normalized spacial score (nSPS) is 15.1. The number of fused-ring (bicyclic) bond motifs is 6. The van der Waals surface area contributed by atoms with Gasteiger partial charge in [0, 0.05) is 43.3 Å². The summed E-state index contributed by atoms with van der Waals surface area (Å²) >= 11 is 1.76. The molecule has 1 saturated heterocycles. The fraction of sp³-hybridized carbons (Fsp3) is 0.465. The van der Waals surface area contributed by atoms with Gasteiger partial charge in [-0.25, -0.2) is 14.8 Å². The van der Waals surface area contributed by atoms with Crippen LogP contribution in [-0.2, 0) is 32.0 Å². The van der Waals surface area contributed by atoms with Gasteiger partial charge in [0.2, 0.25) is 5.91 Å². The van der Waals surface area contributed by atoms with E-state index in [1.165, 1.54) is 9.58 Å². The number of anilines is 1. The highest BCUT2D eigenvalue weighted by atomic mass is 32.1. The van der Waals surface area contributed by atoms with Crippen molar-refractivity contribution in [1.29, 1.82) is 0 Å². The molecular weight excluding hydrogens is 743 g/mol. The lowest BCUT2D eigenvalue weighted by molar-refractivity contribution is -0.137. The largest absolute Gasteiger partial charge is 0.481 e. The summed E-state index contributed by atoms with van der Waals surface area (Å²) in [5.41, 5.74) is 13.7. The number of hydrogen-bond acceptors (Lipinski definition) is 10. The van der Waals surface area contributed by atoms with E-state index in [4.69, 9.17) is 20.2 Å². The van der Waals surface area contributed by atoms with Crippen LogP contribution in [0, 0.1) is 12.8 Å². The summed E-state index contributed by atoms with van der Waals surface area (Å²) < 4.78 is 15.1. The number of amides is 2. The number of aromatic nitrogens is 3. The maximum absolute atomic E-state index is 13.1. The summed E-state index contributed by atoms with van der Waals surface area (Å²) in [7, 11) is 0. The first kappa shape index (κ1) is 40.2. The molecule has 14 heteroatoms. The molecule has 5 N–H and O–H groups in total. The Morgan fingerprint density at radius 3 is 2.46 bits per heavy atom. The summed E-state index contributed by atoms with van der Waals surface area (Å²) in [5, 5.41) is 14.7. The Labute approximate surface area is 336 Å². The summed E-state index contributed by atoms with van der Waals surface area (Å²) in [6.45, 7) is 9.11. The van der Waals surface area contributed by atoms with Gasteiger partial charge in [0.1, 0.15) is 24.0 Å². The predicted molar refractivity (Wildman–Crippen MR) is 223 cm³/mol. The van der Waals surface area contributed by atoms with Crippen LogP contribution in [0.4, 0.5) is 10.6 Å². The molecule has 13 nitrogen and oxygen atoms in total. The molecule has 0 bridgehead atoms. The number of aliphatic carboxylic acids is 1. The number of nitrogens with two attached hydrogens (primary N) is 1. The van der Waals surface area contributed by atoms with Crippen LogP contribution in [0.3, 0.4) is 0 Å². The maximum Gasteiger partial charge on any atom is 0.407 e. The summed E-state index contributed by atoms with van der Waals surface area (Å²) in [5.74, 6) is 0.459. The fourth-order valence-electron chi connectivity index (χ4n) is 8.20. The Morgan fingerprint density at radius 2 is 1.75 bits per heavy atom. The topological polar surface area (TPSA) is 174 Å². The Hall–Kier alpha value is -5.05. The van der Waals surface area contributed by atoms with Crippen molar-refractivity contribution in [3.05, 3.63) is 76.4 Å². The van der Waals surface area contributed by atoms with Gasteiger partial charge in [-0.15, -0.1) is 11.3 Å².